The van der Waals surface area contributed by atoms with E-state index < -0.39 is 23.7 Å². The quantitative estimate of drug-likeness (QED) is 0.425. The first-order valence-electron chi connectivity index (χ1n) is 9.12. The van der Waals surface area contributed by atoms with Gasteiger partial charge in [-0.15, -0.1) is 0 Å². The standard InChI is InChI=1S/C22H20ClNO5/c1-13-4-6-14(7-5-13)19-18(20(27)15-8-10-16(23)11-9-15)21(28)22(29)24(19)12-2-3-17(25)26/h4-11,19,27H,2-3,12H2,1H3,(H,25,26)/t19-/m0/s1. The number of carboxylic acids is 1. The molecule has 0 aromatic heterocycles. The number of hydrogen-bond donors (Lipinski definition) is 2. The van der Waals surface area contributed by atoms with Gasteiger partial charge in [0.1, 0.15) is 5.76 Å². The molecule has 1 fully saturated rings. The number of nitrogens with zero attached hydrogens (tertiary/aromatic N) is 1. The predicted octanol–water partition coefficient (Wildman–Crippen LogP) is 3.93. The highest BCUT2D eigenvalue weighted by atomic mass is 35.5. The van der Waals surface area contributed by atoms with Crippen LogP contribution in [0.2, 0.25) is 5.02 Å². The van der Waals surface area contributed by atoms with Crippen molar-refractivity contribution in [2.24, 2.45) is 0 Å². The number of aliphatic hydroxyl groups is 1. The van der Waals surface area contributed by atoms with Crippen molar-refractivity contribution >= 4 is 35.0 Å². The molecule has 6 nitrogen and oxygen atoms in total. The van der Waals surface area contributed by atoms with Crippen LogP contribution in [0.3, 0.4) is 0 Å². The zero-order valence-electron chi connectivity index (χ0n) is 15.8. The summed E-state index contributed by atoms with van der Waals surface area (Å²) in [7, 11) is 0. The van der Waals surface area contributed by atoms with E-state index in [1.807, 2.05) is 19.1 Å². The molecule has 1 aliphatic heterocycles. The average molecular weight is 414 g/mol. The third-order valence-corrected chi connectivity index (χ3v) is 5.09. The van der Waals surface area contributed by atoms with Crippen molar-refractivity contribution in [3.63, 3.8) is 0 Å². The van der Waals surface area contributed by atoms with E-state index in [1.54, 1.807) is 36.4 Å². The number of hydrogen-bond acceptors (Lipinski definition) is 4. The molecule has 2 N–H and O–H groups in total. The highest BCUT2D eigenvalue weighted by Crippen LogP contribution is 2.39. The molecule has 0 radical (unpaired) electrons. The summed E-state index contributed by atoms with van der Waals surface area (Å²) < 4.78 is 0. The van der Waals surface area contributed by atoms with Gasteiger partial charge in [0, 0.05) is 23.6 Å². The molecule has 3 rings (SSSR count). The number of likely N-dealkylation sites (tertiary alicyclic amines) is 1. The fraction of sp³-hybridized carbons (Fsp3) is 0.227. The zero-order chi connectivity index (χ0) is 21.1. The SMILES string of the molecule is Cc1ccc([C@H]2C(=C(O)c3ccc(Cl)cc3)C(=O)C(=O)N2CCCC(=O)O)cc1. The minimum Gasteiger partial charge on any atom is -0.507 e. The molecule has 150 valence electrons. The number of carbonyl (C=O) groups is 3. The van der Waals surface area contributed by atoms with Crippen LogP contribution in [-0.2, 0) is 14.4 Å². The number of carboxylic acid groups (broad SMARTS) is 1. The molecule has 1 heterocycles. The lowest BCUT2D eigenvalue weighted by Gasteiger charge is -2.25. The number of benzene rings is 2. The molecule has 0 spiro atoms. The normalized spacial score (nSPS) is 18.3. The lowest BCUT2D eigenvalue weighted by molar-refractivity contribution is -0.140. The molecule has 7 heteroatoms. The number of aliphatic carboxylic acids is 1. The maximum Gasteiger partial charge on any atom is 0.303 e. The molecule has 1 saturated heterocycles. The van der Waals surface area contributed by atoms with E-state index in [0.29, 0.717) is 16.1 Å². The maximum absolute atomic E-state index is 12.8. The summed E-state index contributed by atoms with van der Waals surface area (Å²) >= 11 is 5.90. The number of Topliss-reactive ketones (excluding diaryl/α,β-unsaturated/α-hetero) is 1. The van der Waals surface area contributed by atoms with Gasteiger partial charge in [-0.3, -0.25) is 14.4 Å². The zero-order valence-corrected chi connectivity index (χ0v) is 16.5. The van der Waals surface area contributed by atoms with E-state index in [-0.39, 0.29) is 30.7 Å². The largest absolute Gasteiger partial charge is 0.507 e. The van der Waals surface area contributed by atoms with E-state index in [2.05, 4.69) is 0 Å². The topological polar surface area (TPSA) is 94.9 Å². The Labute approximate surface area is 173 Å². The fourth-order valence-corrected chi connectivity index (χ4v) is 3.50. The van der Waals surface area contributed by atoms with Crippen LogP contribution in [0.25, 0.3) is 5.76 Å². The van der Waals surface area contributed by atoms with Crippen molar-refractivity contribution in [3.8, 4) is 0 Å². The Bertz CT molecular complexity index is 979. The Morgan fingerprint density at radius 3 is 2.24 bits per heavy atom. The molecule has 2 aromatic rings. The second kappa shape index (κ2) is 8.49. The van der Waals surface area contributed by atoms with Crippen molar-refractivity contribution in [1.29, 1.82) is 0 Å². The number of rotatable bonds is 6. The molecule has 2 aromatic carbocycles. The molecule has 0 bridgehead atoms. The third-order valence-electron chi connectivity index (χ3n) is 4.84. The van der Waals surface area contributed by atoms with E-state index >= 15 is 0 Å². The first-order chi connectivity index (χ1) is 13.8. The Morgan fingerprint density at radius 2 is 1.66 bits per heavy atom. The maximum atomic E-state index is 12.8. The smallest absolute Gasteiger partial charge is 0.303 e. The van der Waals surface area contributed by atoms with Crippen molar-refractivity contribution in [1.82, 2.24) is 4.90 Å². The molecular formula is C22H20ClNO5. The average Bonchev–Trinajstić information content (AvgIpc) is 2.93. The monoisotopic (exact) mass is 413 g/mol. The highest BCUT2D eigenvalue weighted by Gasteiger charge is 2.45. The summed E-state index contributed by atoms with van der Waals surface area (Å²) in [4.78, 5) is 37.7. The molecule has 0 saturated carbocycles. The molecule has 1 aliphatic rings. The van der Waals surface area contributed by atoms with E-state index in [1.165, 1.54) is 4.90 Å². The van der Waals surface area contributed by atoms with Crippen molar-refractivity contribution in [2.45, 2.75) is 25.8 Å². The number of aliphatic hydroxyl groups excluding tert-OH is 1. The van der Waals surface area contributed by atoms with Gasteiger partial charge in [-0.2, -0.15) is 0 Å². The Morgan fingerprint density at radius 1 is 1.03 bits per heavy atom. The van der Waals surface area contributed by atoms with Gasteiger partial charge in [-0.25, -0.2) is 0 Å². The van der Waals surface area contributed by atoms with Gasteiger partial charge in [0.25, 0.3) is 11.7 Å². The van der Waals surface area contributed by atoms with Crippen molar-refractivity contribution < 1.29 is 24.6 Å². The Kier molecular flexibility index (Phi) is 6.03. The number of carbonyl (C=O) groups excluding carboxylic acids is 2. The molecule has 1 amide bonds. The van der Waals surface area contributed by atoms with Gasteiger partial charge in [0.05, 0.1) is 11.6 Å². The summed E-state index contributed by atoms with van der Waals surface area (Å²) in [6, 6.07) is 12.8. The van der Waals surface area contributed by atoms with Crippen LogP contribution in [-0.4, -0.2) is 39.3 Å². The molecule has 0 aliphatic carbocycles. The summed E-state index contributed by atoms with van der Waals surface area (Å²) in [5.41, 5.74) is 2.03. The molecule has 0 unspecified atom stereocenters. The first-order valence-corrected chi connectivity index (χ1v) is 9.50. The van der Waals surface area contributed by atoms with Crippen LogP contribution in [0.5, 0.6) is 0 Å². The predicted molar refractivity (Wildman–Crippen MR) is 109 cm³/mol. The lowest BCUT2D eigenvalue weighted by atomic mass is 9.94. The number of halogens is 1. The van der Waals surface area contributed by atoms with E-state index in [4.69, 9.17) is 16.7 Å². The second-order valence-electron chi connectivity index (χ2n) is 6.91. The summed E-state index contributed by atoms with van der Waals surface area (Å²) in [5, 5.41) is 20.2. The lowest BCUT2D eigenvalue weighted by Crippen LogP contribution is -2.31. The molecular weight excluding hydrogens is 394 g/mol. The van der Waals surface area contributed by atoms with Crippen LogP contribution >= 0.6 is 11.6 Å². The molecule has 1 atom stereocenters. The minimum atomic E-state index is -0.977. The highest BCUT2D eigenvalue weighted by molar-refractivity contribution is 6.46. The van der Waals surface area contributed by atoms with Gasteiger partial charge in [0.15, 0.2) is 0 Å². The Balaban J connectivity index is 2.08. The van der Waals surface area contributed by atoms with Crippen LogP contribution in [0.1, 0.15) is 35.6 Å². The van der Waals surface area contributed by atoms with Crippen molar-refractivity contribution in [2.75, 3.05) is 6.54 Å². The number of amides is 1. The van der Waals surface area contributed by atoms with Crippen LogP contribution in [0, 0.1) is 6.92 Å². The second-order valence-corrected chi connectivity index (χ2v) is 7.34. The van der Waals surface area contributed by atoms with Crippen LogP contribution in [0.4, 0.5) is 0 Å². The van der Waals surface area contributed by atoms with Gasteiger partial charge < -0.3 is 15.1 Å². The molecule has 29 heavy (non-hydrogen) atoms. The number of aryl methyl sites for hydroxylation is 1. The first kappa shape index (κ1) is 20.6. The summed E-state index contributed by atoms with van der Waals surface area (Å²) in [5.74, 6) is -2.81. The minimum absolute atomic E-state index is 0.0171. The van der Waals surface area contributed by atoms with Crippen LogP contribution in [0.15, 0.2) is 54.1 Å². The summed E-state index contributed by atoms with van der Waals surface area (Å²) in [6.45, 7) is 2.01. The summed E-state index contributed by atoms with van der Waals surface area (Å²) in [6.07, 6.45) is 0.0759. The third kappa shape index (κ3) is 4.32. The number of ketones is 1. The van der Waals surface area contributed by atoms with Crippen molar-refractivity contribution in [3.05, 3.63) is 75.8 Å². The Hall–Kier alpha value is -3.12. The fourth-order valence-electron chi connectivity index (χ4n) is 3.37. The van der Waals surface area contributed by atoms with Gasteiger partial charge in [-0.05, 0) is 43.2 Å². The van der Waals surface area contributed by atoms with Gasteiger partial charge >= 0.3 is 5.97 Å². The van der Waals surface area contributed by atoms with E-state index in [9.17, 15) is 19.5 Å². The van der Waals surface area contributed by atoms with Gasteiger partial charge in [0.2, 0.25) is 0 Å². The van der Waals surface area contributed by atoms with Crippen LogP contribution < -0.4 is 0 Å². The van der Waals surface area contributed by atoms with Gasteiger partial charge in [-0.1, -0.05) is 41.4 Å². The van der Waals surface area contributed by atoms with E-state index in [0.717, 1.165) is 5.56 Å².